The highest BCUT2D eigenvalue weighted by Crippen LogP contribution is 2.24. The topological polar surface area (TPSA) is 76.7 Å². The van der Waals surface area contributed by atoms with E-state index in [-0.39, 0.29) is 17.2 Å². The molecule has 0 aliphatic carbocycles. The predicted molar refractivity (Wildman–Crippen MR) is 69.0 cm³/mol. The highest BCUT2D eigenvalue weighted by atomic mass is 35.5. The number of anilines is 3. The highest BCUT2D eigenvalue weighted by Gasteiger charge is 2.04. The van der Waals surface area contributed by atoms with E-state index in [1.54, 1.807) is 18.2 Å². The fourth-order valence-corrected chi connectivity index (χ4v) is 1.87. The van der Waals surface area contributed by atoms with Gasteiger partial charge in [0.05, 0.1) is 0 Å². The van der Waals surface area contributed by atoms with Crippen molar-refractivity contribution in [3.05, 3.63) is 33.5 Å². The molecule has 0 saturated heterocycles. The zero-order valence-corrected chi connectivity index (χ0v) is 10.6. The number of aromatic nitrogens is 3. The maximum absolute atomic E-state index is 5.85. The molecule has 1 heterocycles. The van der Waals surface area contributed by atoms with Crippen LogP contribution < -0.4 is 11.1 Å². The average Bonchev–Trinajstić information content (AvgIpc) is 2.13. The Balaban J connectivity index is 2.31. The average molecular weight is 291 g/mol. The Labute approximate surface area is 112 Å². The molecule has 0 unspecified atom stereocenters. The van der Waals surface area contributed by atoms with E-state index >= 15 is 0 Å². The van der Waals surface area contributed by atoms with Crippen LogP contribution in [0.2, 0.25) is 15.3 Å². The van der Waals surface area contributed by atoms with Crippen LogP contribution in [0.3, 0.4) is 0 Å². The van der Waals surface area contributed by atoms with Crippen molar-refractivity contribution in [2.75, 3.05) is 11.1 Å². The van der Waals surface area contributed by atoms with Crippen molar-refractivity contribution < 1.29 is 0 Å². The van der Waals surface area contributed by atoms with Gasteiger partial charge in [-0.3, -0.25) is 0 Å². The maximum atomic E-state index is 5.85. The summed E-state index contributed by atoms with van der Waals surface area (Å²) in [6.45, 7) is 0. The minimum atomic E-state index is 0.00752. The highest BCUT2D eigenvalue weighted by molar-refractivity contribution is 6.35. The first-order valence-corrected chi connectivity index (χ1v) is 5.56. The van der Waals surface area contributed by atoms with Gasteiger partial charge in [-0.05, 0) is 29.8 Å². The summed E-state index contributed by atoms with van der Waals surface area (Å²) in [5.74, 6) is 0.251. The molecule has 0 spiro atoms. The first-order valence-electron chi connectivity index (χ1n) is 4.43. The van der Waals surface area contributed by atoms with Gasteiger partial charge >= 0.3 is 0 Å². The minimum absolute atomic E-state index is 0.00752. The Morgan fingerprint density at radius 2 is 1.59 bits per heavy atom. The van der Waals surface area contributed by atoms with Crippen molar-refractivity contribution in [1.29, 1.82) is 0 Å². The van der Waals surface area contributed by atoms with Gasteiger partial charge in [0.2, 0.25) is 17.2 Å². The van der Waals surface area contributed by atoms with Crippen molar-refractivity contribution in [3.63, 3.8) is 0 Å². The van der Waals surface area contributed by atoms with Gasteiger partial charge in [-0.1, -0.05) is 23.2 Å². The van der Waals surface area contributed by atoms with Gasteiger partial charge in [-0.25, -0.2) is 0 Å². The molecule has 2 rings (SSSR count). The molecule has 5 nitrogen and oxygen atoms in total. The van der Waals surface area contributed by atoms with E-state index in [9.17, 15) is 0 Å². The van der Waals surface area contributed by atoms with Crippen LogP contribution in [0, 0.1) is 0 Å². The van der Waals surface area contributed by atoms with Crippen molar-refractivity contribution in [3.8, 4) is 0 Å². The van der Waals surface area contributed by atoms with E-state index in [2.05, 4.69) is 20.3 Å². The van der Waals surface area contributed by atoms with Crippen LogP contribution >= 0.6 is 34.8 Å². The van der Waals surface area contributed by atoms with Crippen molar-refractivity contribution in [1.82, 2.24) is 15.0 Å². The molecule has 8 heteroatoms. The van der Waals surface area contributed by atoms with Gasteiger partial charge < -0.3 is 11.1 Å². The summed E-state index contributed by atoms with van der Waals surface area (Å²) in [6, 6.07) is 4.95. The molecule has 0 aliphatic rings. The third-order valence-corrected chi connectivity index (χ3v) is 2.35. The van der Waals surface area contributed by atoms with Gasteiger partial charge in [0.1, 0.15) is 0 Å². The molecule has 1 aromatic carbocycles. The summed E-state index contributed by atoms with van der Waals surface area (Å²) in [5, 5.41) is 3.87. The summed E-state index contributed by atoms with van der Waals surface area (Å²) in [7, 11) is 0. The van der Waals surface area contributed by atoms with Gasteiger partial charge in [-0.15, -0.1) is 0 Å². The van der Waals surface area contributed by atoms with Gasteiger partial charge in [0.15, 0.2) is 0 Å². The van der Waals surface area contributed by atoms with Crippen LogP contribution in [0.4, 0.5) is 17.6 Å². The summed E-state index contributed by atoms with van der Waals surface area (Å²) in [6.07, 6.45) is 0. The molecule has 17 heavy (non-hydrogen) atoms. The van der Waals surface area contributed by atoms with Crippen LogP contribution in [0.1, 0.15) is 0 Å². The lowest BCUT2D eigenvalue weighted by Gasteiger charge is -2.06. The van der Waals surface area contributed by atoms with Crippen LogP contribution in [0.15, 0.2) is 18.2 Å². The second-order valence-corrected chi connectivity index (χ2v) is 4.28. The summed E-state index contributed by atoms with van der Waals surface area (Å²) >= 11 is 17.3. The molecule has 88 valence electrons. The maximum Gasteiger partial charge on any atom is 0.233 e. The lowest BCUT2D eigenvalue weighted by Crippen LogP contribution is -2.03. The van der Waals surface area contributed by atoms with E-state index in [4.69, 9.17) is 40.5 Å². The van der Waals surface area contributed by atoms with Gasteiger partial charge in [0, 0.05) is 15.7 Å². The summed E-state index contributed by atoms with van der Waals surface area (Å²) in [4.78, 5) is 11.4. The number of halogens is 3. The molecule has 3 N–H and O–H groups in total. The predicted octanol–water partition coefficient (Wildman–Crippen LogP) is 3.16. The number of nitrogens with two attached hydrogens (primary N) is 1. The molecule has 0 amide bonds. The SMILES string of the molecule is Nc1nc(Cl)nc(Nc2cc(Cl)cc(Cl)c2)n1. The number of nitrogens with one attached hydrogen (secondary N) is 1. The summed E-state index contributed by atoms with van der Waals surface area (Å²) in [5.41, 5.74) is 6.06. The zero-order valence-electron chi connectivity index (χ0n) is 8.28. The lowest BCUT2D eigenvalue weighted by atomic mass is 10.3. The number of nitrogens with zero attached hydrogens (tertiary/aromatic N) is 3. The van der Waals surface area contributed by atoms with E-state index in [0.29, 0.717) is 15.7 Å². The smallest absolute Gasteiger partial charge is 0.233 e. The van der Waals surface area contributed by atoms with E-state index in [0.717, 1.165) is 0 Å². The molecule has 2 aromatic rings. The molecule has 0 aliphatic heterocycles. The van der Waals surface area contributed by atoms with Crippen LogP contribution in [-0.4, -0.2) is 15.0 Å². The zero-order chi connectivity index (χ0) is 12.4. The molecule has 0 saturated carbocycles. The largest absolute Gasteiger partial charge is 0.368 e. The summed E-state index contributed by atoms with van der Waals surface area (Å²) < 4.78 is 0. The monoisotopic (exact) mass is 289 g/mol. The van der Waals surface area contributed by atoms with Gasteiger partial charge in [-0.2, -0.15) is 15.0 Å². The van der Waals surface area contributed by atoms with E-state index < -0.39 is 0 Å². The Morgan fingerprint density at radius 3 is 2.18 bits per heavy atom. The second-order valence-electron chi connectivity index (χ2n) is 3.07. The molecular formula is C9H6Cl3N5. The number of hydrogen-bond acceptors (Lipinski definition) is 5. The van der Waals surface area contributed by atoms with Crippen molar-refractivity contribution in [2.45, 2.75) is 0 Å². The molecule has 0 radical (unpaired) electrons. The lowest BCUT2D eigenvalue weighted by molar-refractivity contribution is 1.07. The normalized spacial score (nSPS) is 10.3. The number of nitrogen functional groups attached to an aromatic ring is 1. The number of rotatable bonds is 2. The molecule has 0 bridgehead atoms. The van der Waals surface area contributed by atoms with Gasteiger partial charge in [0.25, 0.3) is 0 Å². The molecule has 0 atom stereocenters. The quantitative estimate of drug-likeness (QED) is 0.888. The van der Waals surface area contributed by atoms with Crippen molar-refractivity contribution in [2.24, 2.45) is 0 Å². The van der Waals surface area contributed by atoms with Crippen LogP contribution in [0.25, 0.3) is 0 Å². The second kappa shape index (κ2) is 4.91. The first kappa shape index (κ1) is 12.2. The Hall–Kier alpha value is -1.30. The number of benzene rings is 1. The third kappa shape index (κ3) is 3.33. The molecule has 0 fully saturated rings. The standard InChI is InChI=1S/C9H6Cl3N5/c10-4-1-5(11)3-6(2-4)14-9-16-7(12)15-8(13)17-9/h1-3H,(H3,13,14,15,16,17). The minimum Gasteiger partial charge on any atom is -0.368 e. The first-order chi connectivity index (χ1) is 8.02. The molecule has 1 aromatic heterocycles. The van der Waals surface area contributed by atoms with E-state index in [1.807, 2.05) is 0 Å². The third-order valence-electron chi connectivity index (χ3n) is 1.74. The molecular weight excluding hydrogens is 284 g/mol. The van der Waals surface area contributed by atoms with Crippen LogP contribution in [0.5, 0.6) is 0 Å². The Morgan fingerprint density at radius 1 is 0.941 bits per heavy atom. The van der Waals surface area contributed by atoms with E-state index in [1.165, 1.54) is 0 Å². The Kier molecular flexibility index (Phi) is 3.51. The van der Waals surface area contributed by atoms with Crippen molar-refractivity contribution >= 4 is 52.4 Å². The fourth-order valence-electron chi connectivity index (χ4n) is 1.18. The van der Waals surface area contributed by atoms with Crippen LogP contribution in [-0.2, 0) is 0 Å². The Bertz CT molecular complexity index is 470. The number of hydrogen-bond donors (Lipinski definition) is 2. The fraction of sp³-hybridized carbons (Fsp3) is 0.